The van der Waals surface area contributed by atoms with Crippen molar-refractivity contribution >= 4 is 33.5 Å². The highest BCUT2D eigenvalue weighted by Gasteiger charge is 2.26. The molecule has 0 saturated carbocycles. The number of carbonyl (C=O) groups excluding carboxylic acids is 2. The van der Waals surface area contributed by atoms with Crippen LogP contribution >= 0.6 is 15.9 Å². The van der Waals surface area contributed by atoms with Crippen molar-refractivity contribution in [3.63, 3.8) is 0 Å². The van der Waals surface area contributed by atoms with Crippen molar-refractivity contribution in [2.24, 2.45) is 0 Å². The first-order valence-electron chi connectivity index (χ1n) is 8.53. The van der Waals surface area contributed by atoms with E-state index >= 15 is 0 Å². The fourth-order valence-electron chi connectivity index (χ4n) is 2.57. The number of anilines is 1. The Labute approximate surface area is 171 Å². The van der Waals surface area contributed by atoms with E-state index in [2.05, 4.69) is 21.2 Å². The van der Waals surface area contributed by atoms with Gasteiger partial charge in [0.1, 0.15) is 5.75 Å². The summed E-state index contributed by atoms with van der Waals surface area (Å²) in [5.41, 5.74) is 1.48. The number of benzene rings is 3. The van der Waals surface area contributed by atoms with Crippen LogP contribution in [0.2, 0.25) is 0 Å². The van der Waals surface area contributed by atoms with Crippen LogP contribution in [0.1, 0.15) is 22.0 Å². The first kappa shape index (κ1) is 19.6. The van der Waals surface area contributed by atoms with E-state index in [0.29, 0.717) is 22.6 Å². The molecule has 5 nitrogen and oxygen atoms in total. The van der Waals surface area contributed by atoms with Crippen LogP contribution in [0, 0.1) is 0 Å². The van der Waals surface area contributed by atoms with Gasteiger partial charge in [-0.2, -0.15) is 0 Å². The van der Waals surface area contributed by atoms with Crippen LogP contribution in [0.4, 0.5) is 5.69 Å². The summed E-state index contributed by atoms with van der Waals surface area (Å²) in [6.45, 7) is 0. The molecule has 0 fully saturated rings. The Morgan fingerprint density at radius 3 is 2.32 bits per heavy atom. The number of esters is 1. The van der Waals surface area contributed by atoms with Gasteiger partial charge < -0.3 is 14.8 Å². The van der Waals surface area contributed by atoms with E-state index < -0.39 is 18.0 Å². The summed E-state index contributed by atoms with van der Waals surface area (Å²) >= 11 is 3.33. The predicted octanol–water partition coefficient (Wildman–Crippen LogP) is 4.99. The SMILES string of the molecule is COc1cccc(NC(=O)C(OC(=O)c2ccc(Br)cc2)c2ccccc2)c1. The van der Waals surface area contributed by atoms with Gasteiger partial charge >= 0.3 is 5.97 Å². The Kier molecular flexibility index (Phi) is 6.45. The molecule has 0 aliphatic rings. The molecule has 0 radical (unpaired) electrons. The third-order valence-electron chi connectivity index (χ3n) is 3.98. The van der Waals surface area contributed by atoms with Crippen LogP contribution in [0.3, 0.4) is 0 Å². The standard InChI is InChI=1S/C22H18BrNO4/c1-27-19-9-5-8-18(14-19)24-21(25)20(15-6-3-2-4-7-15)28-22(26)16-10-12-17(23)13-11-16/h2-14,20H,1H3,(H,24,25). The number of hydrogen-bond donors (Lipinski definition) is 1. The molecule has 3 rings (SSSR count). The fourth-order valence-corrected chi connectivity index (χ4v) is 2.83. The Balaban J connectivity index is 1.83. The summed E-state index contributed by atoms with van der Waals surface area (Å²) in [6, 6.07) is 22.6. The van der Waals surface area contributed by atoms with Gasteiger partial charge in [-0.3, -0.25) is 4.79 Å². The summed E-state index contributed by atoms with van der Waals surface area (Å²) in [6.07, 6.45) is -1.09. The van der Waals surface area contributed by atoms with E-state index in [1.807, 2.05) is 6.07 Å². The molecule has 1 amide bonds. The summed E-state index contributed by atoms with van der Waals surface area (Å²) in [5.74, 6) is -0.423. The first-order chi connectivity index (χ1) is 13.6. The van der Waals surface area contributed by atoms with E-state index in [-0.39, 0.29) is 0 Å². The van der Waals surface area contributed by atoms with Gasteiger partial charge in [0.15, 0.2) is 0 Å². The van der Waals surface area contributed by atoms with Crippen molar-refractivity contribution in [1.29, 1.82) is 0 Å². The molecule has 0 aromatic heterocycles. The molecule has 0 heterocycles. The maximum atomic E-state index is 12.9. The topological polar surface area (TPSA) is 64.6 Å². The van der Waals surface area contributed by atoms with Gasteiger partial charge in [-0.1, -0.05) is 52.3 Å². The number of nitrogens with one attached hydrogen (secondary N) is 1. The van der Waals surface area contributed by atoms with Crippen LogP contribution in [0.5, 0.6) is 5.75 Å². The molecule has 3 aromatic carbocycles. The molecule has 0 spiro atoms. The molecule has 3 aromatic rings. The van der Waals surface area contributed by atoms with Crippen molar-refractivity contribution < 1.29 is 19.1 Å². The Morgan fingerprint density at radius 2 is 1.64 bits per heavy atom. The Bertz CT molecular complexity index is 958. The van der Waals surface area contributed by atoms with Gasteiger partial charge in [-0.15, -0.1) is 0 Å². The highest BCUT2D eigenvalue weighted by Crippen LogP contribution is 2.24. The quantitative estimate of drug-likeness (QED) is 0.549. The average Bonchev–Trinajstić information content (AvgIpc) is 2.73. The second-order valence-corrected chi connectivity index (χ2v) is 6.84. The van der Waals surface area contributed by atoms with E-state index in [4.69, 9.17) is 9.47 Å². The van der Waals surface area contributed by atoms with Crippen LogP contribution in [-0.2, 0) is 9.53 Å². The normalized spacial score (nSPS) is 11.4. The molecular weight excluding hydrogens is 422 g/mol. The lowest BCUT2D eigenvalue weighted by Gasteiger charge is -2.18. The minimum atomic E-state index is -1.09. The average molecular weight is 440 g/mol. The zero-order valence-corrected chi connectivity index (χ0v) is 16.7. The van der Waals surface area contributed by atoms with Crippen LogP contribution in [0.25, 0.3) is 0 Å². The van der Waals surface area contributed by atoms with Gasteiger partial charge in [0.25, 0.3) is 5.91 Å². The smallest absolute Gasteiger partial charge is 0.339 e. The van der Waals surface area contributed by atoms with Crippen LogP contribution in [-0.4, -0.2) is 19.0 Å². The summed E-state index contributed by atoms with van der Waals surface area (Å²) in [5, 5.41) is 2.78. The second kappa shape index (κ2) is 9.19. The zero-order valence-electron chi connectivity index (χ0n) is 15.1. The van der Waals surface area contributed by atoms with Crippen molar-refractivity contribution in [2.75, 3.05) is 12.4 Å². The monoisotopic (exact) mass is 439 g/mol. The van der Waals surface area contributed by atoms with Crippen molar-refractivity contribution in [1.82, 2.24) is 0 Å². The van der Waals surface area contributed by atoms with Crippen molar-refractivity contribution in [3.05, 3.63) is 94.5 Å². The minimum absolute atomic E-state index is 0.360. The number of ether oxygens (including phenoxy) is 2. The molecule has 1 atom stereocenters. The van der Waals surface area contributed by atoms with Gasteiger partial charge in [-0.05, 0) is 36.4 Å². The summed E-state index contributed by atoms with van der Waals surface area (Å²) in [7, 11) is 1.55. The highest BCUT2D eigenvalue weighted by atomic mass is 79.9. The first-order valence-corrected chi connectivity index (χ1v) is 9.32. The third-order valence-corrected chi connectivity index (χ3v) is 4.51. The van der Waals surface area contributed by atoms with E-state index in [0.717, 1.165) is 4.47 Å². The van der Waals surface area contributed by atoms with E-state index in [1.165, 1.54) is 0 Å². The predicted molar refractivity (Wildman–Crippen MR) is 110 cm³/mol. The molecule has 1 N–H and O–H groups in total. The lowest BCUT2D eigenvalue weighted by Crippen LogP contribution is -2.26. The van der Waals surface area contributed by atoms with Crippen molar-refractivity contribution in [2.45, 2.75) is 6.10 Å². The number of rotatable bonds is 6. The molecule has 28 heavy (non-hydrogen) atoms. The molecule has 0 bridgehead atoms. The van der Waals surface area contributed by atoms with E-state index in [9.17, 15) is 9.59 Å². The maximum absolute atomic E-state index is 12.9. The molecule has 0 saturated heterocycles. The Hall–Kier alpha value is -3.12. The molecule has 0 aliphatic heterocycles. The molecular formula is C22H18BrNO4. The molecule has 1 unspecified atom stereocenters. The zero-order chi connectivity index (χ0) is 19.9. The number of methoxy groups -OCH3 is 1. The van der Waals surface area contributed by atoms with Crippen LogP contribution < -0.4 is 10.1 Å². The molecule has 142 valence electrons. The lowest BCUT2D eigenvalue weighted by molar-refractivity contribution is -0.125. The number of halogens is 1. The lowest BCUT2D eigenvalue weighted by atomic mass is 10.1. The molecule has 0 aliphatic carbocycles. The third kappa shape index (κ3) is 4.98. The number of amides is 1. The maximum Gasteiger partial charge on any atom is 0.339 e. The van der Waals surface area contributed by atoms with Gasteiger partial charge in [0.05, 0.1) is 12.7 Å². The molecule has 6 heteroatoms. The second-order valence-electron chi connectivity index (χ2n) is 5.92. The Morgan fingerprint density at radius 1 is 0.929 bits per heavy atom. The largest absolute Gasteiger partial charge is 0.497 e. The number of hydrogen-bond acceptors (Lipinski definition) is 4. The van der Waals surface area contributed by atoms with Gasteiger partial charge in [0.2, 0.25) is 6.10 Å². The summed E-state index contributed by atoms with van der Waals surface area (Å²) in [4.78, 5) is 25.5. The summed E-state index contributed by atoms with van der Waals surface area (Å²) < 4.78 is 11.6. The van der Waals surface area contributed by atoms with E-state index in [1.54, 1.807) is 79.9 Å². The number of carbonyl (C=O) groups is 2. The van der Waals surface area contributed by atoms with Crippen molar-refractivity contribution in [3.8, 4) is 5.75 Å². The van der Waals surface area contributed by atoms with Gasteiger partial charge in [0, 0.05) is 21.8 Å². The van der Waals surface area contributed by atoms with Gasteiger partial charge in [-0.25, -0.2) is 4.79 Å². The minimum Gasteiger partial charge on any atom is -0.497 e. The highest BCUT2D eigenvalue weighted by molar-refractivity contribution is 9.10. The fraction of sp³-hybridized carbons (Fsp3) is 0.0909. The van der Waals surface area contributed by atoms with Crippen LogP contribution in [0.15, 0.2) is 83.3 Å².